The average molecular weight is 231 g/mol. The molecule has 1 aromatic rings. The largest absolute Gasteiger partial charge is 0.323 e. The lowest BCUT2D eigenvalue weighted by Crippen LogP contribution is -2.32. The summed E-state index contributed by atoms with van der Waals surface area (Å²) >= 11 is 5.83. The first kappa shape index (κ1) is 11.9. The number of aryl methyl sites for hydroxylation is 1. The summed E-state index contributed by atoms with van der Waals surface area (Å²) < 4.78 is 13.2. The van der Waals surface area contributed by atoms with Crippen LogP contribution in [0.15, 0.2) is 12.1 Å². The van der Waals surface area contributed by atoms with Gasteiger partial charge in [-0.25, -0.2) is 4.39 Å². The number of carbonyl (C=O) groups is 1. The summed E-state index contributed by atoms with van der Waals surface area (Å²) in [6.07, 6.45) is 0. The van der Waals surface area contributed by atoms with Gasteiger partial charge in [-0.2, -0.15) is 0 Å². The number of anilines is 1. The van der Waals surface area contributed by atoms with Gasteiger partial charge in [0.25, 0.3) is 0 Å². The SMILES string of the molecule is Cc1cc(Cl)c(NC(=O)C(C)N)cc1F. The van der Waals surface area contributed by atoms with Gasteiger partial charge in [0, 0.05) is 0 Å². The van der Waals surface area contributed by atoms with Crippen molar-refractivity contribution in [3.8, 4) is 0 Å². The lowest BCUT2D eigenvalue weighted by Gasteiger charge is -2.10. The normalized spacial score (nSPS) is 12.3. The van der Waals surface area contributed by atoms with E-state index in [1.54, 1.807) is 6.92 Å². The molecule has 0 aliphatic rings. The van der Waals surface area contributed by atoms with E-state index in [4.69, 9.17) is 17.3 Å². The molecule has 1 amide bonds. The van der Waals surface area contributed by atoms with E-state index < -0.39 is 17.8 Å². The Labute approximate surface area is 92.4 Å². The molecule has 3 N–H and O–H groups in total. The van der Waals surface area contributed by atoms with Crippen LogP contribution >= 0.6 is 11.6 Å². The van der Waals surface area contributed by atoms with Crippen LogP contribution in [-0.4, -0.2) is 11.9 Å². The van der Waals surface area contributed by atoms with Crippen LogP contribution in [0.2, 0.25) is 5.02 Å². The predicted octanol–water partition coefficient (Wildman–Crippen LogP) is 2.07. The molecule has 82 valence electrons. The van der Waals surface area contributed by atoms with E-state index in [2.05, 4.69) is 5.32 Å². The van der Waals surface area contributed by atoms with Crippen LogP contribution in [0.5, 0.6) is 0 Å². The smallest absolute Gasteiger partial charge is 0.241 e. The van der Waals surface area contributed by atoms with Crippen molar-refractivity contribution >= 4 is 23.2 Å². The number of nitrogens with two attached hydrogens (primary N) is 1. The fraction of sp³-hybridized carbons (Fsp3) is 0.300. The third-order valence-corrected chi connectivity index (χ3v) is 2.23. The van der Waals surface area contributed by atoms with Crippen LogP contribution in [0, 0.1) is 12.7 Å². The minimum absolute atomic E-state index is 0.238. The first-order valence-electron chi connectivity index (χ1n) is 4.44. The fourth-order valence-corrected chi connectivity index (χ4v) is 1.25. The first-order valence-corrected chi connectivity index (χ1v) is 4.81. The second kappa shape index (κ2) is 4.59. The maximum Gasteiger partial charge on any atom is 0.241 e. The molecule has 0 aliphatic heterocycles. The molecule has 0 saturated heterocycles. The van der Waals surface area contributed by atoms with Gasteiger partial charge in [-0.05, 0) is 31.5 Å². The van der Waals surface area contributed by atoms with Gasteiger partial charge in [0.1, 0.15) is 5.82 Å². The van der Waals surface area contributed by atoms with E-state index in [0.29, 0.717) is 10.6 Å². The van der Waals surface area contributed by atoms with Gasteiger partial charge in [-0.15, -0.1) is 0 Å². The van der Waals surface area contributed by atoms with E-state index in [-0.39, 0.29) is 5.69 Å². The first-order chi connectivity index (χ1) is 6.91. The third kappa shape index (κ3) is 2.91. The van der Waals surface area contributed by atoms with Crippen molar-refractivity contribution in [1.82, 2.24) is 0 Å². The lowest BCUT2D eigenvalue weighted by atomic mass is 10.2. The summed E-state index contributed by atoms with van der Waals surface area (Å²) in [7, 11) is 0. The van der Waals surface area contributed by atoms with Crippen LogP contribution in [0.25, 0.3) is 0 Å². The summed E-state index contributed by atoms with van der Waals surface area (Å²) in [4.78, 5) is 11.2. The van der Waals surface area contributed by atoms with Crippen LogP contribution in [-0.2, 0) is 4.79 Å². The van der Waals surface area contributed by atoms with Crippen LogP contribution in [0.4, 0.5) is 10.1 Å². The van der Waals surface area contributed by atoms with Gasteiger partial charge in [0.2, 0.25) is 5.91 Å². The van der Waals surface area contributed by atoms with Crippen molar-refractivity contribution in [2.45, 2.75) is 19.9 Å². The molecular formula is C10H12ClFN2O. The zero-order valence-electron chi connectivity index (χ0n) is 8.47. The zero-order chi connectivity index (χ0) is 11.6. The number of halogens is 2. The van der Waals surface area contributed by atoms with Gasteiger partial charge in [0.05, 0.1) is 16.8 Å². The summed E-state index contributed by atoms with van der Waals surface area (Å²) in [6, 6.07) is 1.97. The maximum atomic E-state index is 13.2. The fourth-order valence-electron chi connectivity index (χ4n) is 0.989. The highest BCUT2D eigenvalue weighted by Crippen LogP contribution is 2.25. The van der Waals surface area contributed by atoms with Gasteiger partial charge in [-0.3, -0.25) is 4.79 Å². The Morgan fingerprint density at radius 1 is 1.60 bits per heavy atom. The average Bonchev–Trinajstić information content (AvgIpc) is 2.13. The Balaban J connectivity index is 2.96. The van der Waals surface area contributed by atoms with Crippen molar-refractivity contribution in [3.63, 3.8) is 0 Å². The summed E-state index contributed by atoms with van der Waals surface area (Å²) in [6.45, 7) is 3.13. The van der Waals surface area contributed by atoms with Gasteiger partial charge < -0.3 is 11.1 Å². The van der Waals surface area contributed by atoms with E-state index in [1.165, 1.54) is 19.1 Å². The highest BCUT2D eigenvalue weighted by Gasteiger charge is 2.11. The Morgan fingerprint density at radius 3 is 2.73 bits per heavy atom. The Morgan fingerprint density at radius 2 is 2.20 bits per heavy atom. The molecule has 15 heavy (non-hydrogen) atoms. The van der Waals surface area contributed by atoms with E-state index >= 15 is 0 Å². The number of carbonyl (C=O) groups excluding carboxylic acids is 1. The van der Waals surface area contributed by atoms with E-state index in [9.17, 15) is 9.18 Å². The quantitative estimate of drug-likeness (QED) is 0.817. The summed E-state index contributed by atoms with van der Waals surface area (Å²) in [5.74, 6) is -0.820. The molecule has 5 heteroatoms. The molecule has 0 spiro atoms. The molecule has 1 unspecified atom stereocenters. The maximum absolute atomic E-state index is 13.2. The highest BCUT2D eigenvalue weighted by atomic mass is 35.5. The molecule has 1 aromatic carbocycles. The standard InChI is InChI=1S/C10H12ClFN2O/c1-5-3-7(11)9(4-8(5)12)14-10(15)6(2)13/h3-4,6H,13H2,1-2H3,(H,14,15). The molecule has 0 aliphatic carbocycles. The molecule has 1 rings (SSSR count). The molecule has 0 heterocycles. The second-order valence-corrected chi connectivity index (χ2v) is 3.77. The van der Waals surface area contributed by atoms with Crippen LogP contribution in [0.3, 0.4) is 0 Å². The molecule has 0 fully saturated rings. The number of amides is 1. The van der Waals surface area contributed by atoms with Crippen molar-refractivity contribution in [3.05, 3.63) is 28.5 Å². The number of nitrogens with one attached hydrogen (secondary N) is 1. The van der Waals surface area contributed by atoms with E-state index in [0.717, 1.165) is 0 Å². The van der Waals surface area contributed by atoms with Gasteiger partial charge in [-0.1, -0.05) is 11.6 Å². The number of benzene rings is 1. The van der Waals surface area contributed by atoms with Gasteiger partial charge >= 0.3 is 0 Å². The predicted molar refractivity (Wildman–Crippen MR) is 58.4 cm³/mol. The number of rotatable bonds is 2. The van der Waals surface area contributed by atoms with Crippen LogP contribution < -0.4 is 11.1 Å². The highest BCUT2D eigenvalue weighted by molar-refractivity contribution is 6.33. The Bertz CT molecular complexity index is 393. The van der Waals surface area contributed by atoms with Gasteiger partial charge in [0.15, 0.2) is 0 Å². The number of hydrogen-bond donors (Lipinski definition) is 2. The molecule has 0 saturated carbocycles. The Kier molecular flexibility index (Phi) is 3.66. The minimum atomic E-state index is -0.662. The molecule has 1 atom stereocenters. The monoisotopic (exact) mass is 230 g/mol. The summed E-state index contributed by atoms with van der Waals surface area (Å²) in [5.41, 5.74) is 6.02. The molecule has 0 radical (unpaired) electrons. The number of hydrogen-bond acceptors (Lipinski definition) is 2. The van der Waals surface area contributed by atoms with Crippen molar-refractivity contribution in [2.75, 3.05) is 5.32 Å². The summed E-state index contributed by atoms with van der Waals surface area (Å²) in [5, 5.41) is 2.74. The zero-order valence-corrected chi connectivity index (χ0v) is 9.23. The topological polar surface area (TPSA) is 55.1 Å². The second-order valence-electron chi connectivity index (χ2n) is 3.36. The van der Waals surface area contributed by atoms with Crippen molar-refractivity contribution < 1.29 is 9.18 Å². The molecule has 0 aromatic heterocycles. The third-order valence-electron chi connectivity index (χ3n) is 1.92. The van der Waals surface area contributed by atoms with E-state index in [1.807, 2.05) is 0 Å². The van der Waals surface area contributed by atoms with Crippen molar-refractivity contribution in [2.24, 2.45) is 5.73 Å². The van der Waals surface area contributed by atoms with Crippen molar-refractivity contribution in [1.29, 1.82) is 0 Å². The molecular weight excluding hydrogens is 219 g/mol. The minimum Gasteiger partial charge on any atom is -0.323 e. The molecule has 0 bridgehead atoms. The molecule has 3 nitrogen and oxygen atoms in total. The lowest BCUT2D eigenvalue weighted by molar-refractivity contribution is -0.117. The van der Waals surface area contributed by atoms with Crippen LogP contribution in [0.1, 0.15) is 12.5 Å². The Hall–Kier alpha value is -1.13.